The van der Waals surface area contributed by atoms with Crippen molar-refractivity contribution in [3.05, 3.63) is 76.1 Å². The summed E-state index contributed by atoms with van der Waals surface area (Å²) < 4.78 is 5.71. The van der Waals surface area contributed by atoms with Crippen LogP contribution in [0.5, 0.6) is 5.75 Å². The number of rotatable bonds is 1. The average Bonchev–Trinajstić information content (AvgIpc) is 2.58. The third-order valence-electron chi connectivity index (χ3n) is 4.22. The standard InChI is InChI=1S/C19H12O4/c1-10(20)11-6-7-16-12(8-11)9-15-17(21)13-4-2-3-5-14(13)18(22)19(15)23-16/h2-8H,9H2,1H3. The molecule has 23 heavy (non-hydrogen) atoms. The first-order valence-electron chi connectivity index (χ1n) is 7.29. The summed E-state index contributed by atoms with van der Waals surface area (Å²) in [5.74, 6) is 0.126. The second kappa shape index (κ2) is 4.74. The second-order valence-corrected chi connectivity index (χ2v) is 5.67. The van der Waals surface area contributed by atoms with E-state index in [0.717, 1.165) is 5.56 Å². The van der Waals surface area contributed by atoms with Gasteiger partial charge < -0.3 is 4.74 Å². The highest BCUT2D eigenvalue weighted by atomic mass is 16.5. The minimum atomic E-state index is -0.267. The fraction of sp³-hybridized carbons (Fsp3) is 0.105. The van der Waals surface area contributed by atoms with Gasteiger partial charge in [-0.2, -0.15) is 0 Å². The third-order valence-corrected chi connectivity index (χ3v) is 4.22. The van der Waals surface area contributed by atoms with Crippen LogP contribution in [0.3, 0.4) is 0 Å². The molecule has 2 aliphatic rings. The SMILES string of the molecule is CC(=O)c1ccc2c(c1)CC1=C(O2)C(=O)c2ccccc2C1=O. The van der Waals surface area contributed by atoms with Gasteiger partial charge in [0, 0.05) is 28.7 Å². The summed E-state index contributed by atoms with van der Waals surface area (Å²) in [6.07, 6.45) is 0.296. The molecular weight excluding hydrogens is 292 g/mol. The maximum Gasteiger partial charge on any atom is 0.229 e. The van der Waals surface area contributed by atoms with Gasteiger partial charge in [0.05, 0.1) is 5.57 Å². The molecule has 4 nitrogen and oxygen atoms in total. The van der Waals surface area contributed by atoms with E-state index in [9.17, 15) is 14.4 Å². The van der Waals surface area contributed by atoms with E-state index in [4.69, 9.17) is 4.74 Å². The molecule has 1 heterocycles. The van der Waals surface area contributed by atoms with Gasteiger partial charge in [-0.3, -0.25) is 14.4 Å². The first-order chi connectivity index (χ1) is 11.1. The molecule has 0 amide bonds. The van der Waals surface area contributed by atoms with Crippen molar-refractivity contribution in [2.45, 2.75) is 13.3 Å². The molecule has 1 aliphatic heterocycles. The molecule has 0 unspecified atom stereocenters. The molecule has 0 atom stereocenters. The number of allylic oxidation sites excluding steroid dienone is 2. The fourth-order valence-corrected chi connectivity index (χ4v) is 3.01. The number of fused-ring (bicyclic) bond motifs is 2. The van der Waals surface area contributed by atoms with Crippen LogP contribution in [-0.2, 0) is 6.42 Å². The predicted molar refractivity (Wildman–Crippen MR) is 82.9 cm³/mol. The lowest BCUT2D eigenvalue weighted by molar-refractivity contribution is 0.0930. The van der Waals surface area contributed by atoms with Gasteiger partial charge in [0.1, 0.15) is 5.75 Å². The Morgan fingerprint density at radius 1 is 1.00 bits per heavy atom. The zero-order chi connectivity index (χ0) is 16.1. The van der Waals surface area contributed by atoms with Crippen molar-refractivity contribution >= 4 is 17.3 Å². The first-order valence-corrected chi connectivity index (χ1v) is 7.29. The largest absolute Gasteiger partial charge is 0.452 e. The van der Waals surface area contributed by atoms with Gasteiger partial charge in [-0.1, -0.05) is 24.3 Å². The van der Waals surface area contributed by atoms with Gasteiger partial charge in [-0.25, -0.2) is 0 Å². The van der Waals surface area contributed by atoms with Gasteiger partial charge in [0.2, 0.25) is 5.78 Å². The van der Waals surface area contributed by atoms with Gasteiger partial charge in [0.25, 0.3) is 0 Å². The van der Waals surface area contributed by atoms with Crippen LogP contribution in [0.15, 0.2) is 53.8 Å². The summed E-state index contributed by atoms with van der Waals surface area (Å²) in [6, 6.07) is 11.8. The van der Waals surface area contributed by atoms with Crippen LogP contribution in [-0.4, -0.2) is 17.3 Å². The van der Waals surface area contributed by atoms with Crippen molar-refractivity contribution in [1.29, 1.82) is 0 Å². The Balaban J connectivity index is 1.83. The number of carbonyl (C=O) groups excluding carboxylic acids is 3. The molecule has 1 aliphatic carbocycles. The molecule has 0 saturated carbocycles. The van der Waals surface area contributed by atoms with Crippen LogP contribution in [0, 0.1) is 0 Å². The molecule has 0 saturated heterocycles. The zero-order valence-electron chi connectivity index (χ0n) is 12.4. The summed E-state index contributed by atoms with van der Waals surface area (Å²) in [5.41, 5.74) is 2.45. The lowest BCUT2D eigenvalue weighted by atomic mass is 9.84. The minimum absolute atomic E-state index is 0.0519. The molecule has 0 bridgehead atoms. The molecule has 4 heteroatoms. The number of Topliss-reactive ketones (excluding diaryl/α,β-unsaturated/α-hetero) is 3. The number of carbonyl (C=O) groups is 3. The summed E-state index contributed by atoms with van der Waals surface area (Å²) in [6.45, 7) is 1.49. The third kappa shape index (κ3) is 1.95. The monoisotopic (exact) mass is 304 g/mol. The molecule has 0 aromatic heterocycles. The molecule has 0 spiro atoms. The van der Waals surface area contributed by atoms with E-state index < -0.39 is 0 Å². The number of hydrogen-bond donors (Lipinski definition) is 0. The topological polar surface area (TPSA) is 60.4 Å². The van der Waals surface area contributed by atoms with Crippen molar-refractivity contribution < 1.29 is 19.1 Å². The van der Waals surface area contributed by atoms with Gasteiger partial charge >= 0.3 is 0 Å². The Labute approximate surface area is 132 Å². The van der Waals surface area contributed by atoms with E-state index in [1.165, 1.54) is 6.92 Å². The lowest BCUT2D eigenvalue weighted by Gasteiger charge is -2.26. The zero-order valence-corrected chi connectivity index (χ0v) is 12.4. The van der Waals surface area contributed by atoms with Crippen molar-refractivity contribution in [1.82, 2.24) is 0 Å². The smallest absolute Gasteiger partial charge is 0.229 e. The van der Waals surface area contributed by atoms with E-state index >= 15 is 0 Å². The van der Waals surface area contributed by atoms with Gasteiger partial charge in [-0.15, -0.1) is 0 Å². The Bertz CT molecular complexity index is 934. The fourth-order valence-electron chi connectivity index (χ4n) is 3.01. The van der Waals surface area contributed by atoms with Crippen molar-refractivity contribution in [3.8, 4) is 5.75 Å². The highest BCUT2D eigenvalue weighted by Crippen LogP contribution is 2.37. The highest BCUT2D eigenvalue weighted by Gasteiger charge is 2.36. The highest BCUT2D eigenvalue weighted by molar-refractivity contribution is 6.26. The summed E-state index contributed by atoms with van der Waals surface area (Å²) >= 11 is 0. The Kier molecular flexibility index (Phi) is 2.81. The van der Waals surface area contributed by atoms with Crippen LogP contribution in [0.4, 0.5) is 0 Å². The molecule has 112 valence electrons. The summed E-state index contributed by atoms with van der Waals surface area (Å²) in [7, 11) is 0. The number of ether oxygens (including phenoxy) is 1. The van der Waals surface area contributed by atoms with Crippen LogP contribution in [0.25, 0.3) is 0 Å². The van der Waals surface area contributed by atoms with Crippen molar-refractivity contribution in [2.24, 2.45) is 0 Å². The van der Waals surface area contributed by atoms with Crippen LogP contribution >= 0.6 is 0 Å². The van der Waals surface area contributed by atoms with Crippen LogP contribution < -0.4 is 4.74 Å². The van der Waals surface area contributed by atoms with E-state index in [0.29, 0.717) is 34.4 Å². The quantitative estimate of drug-likeness (QED) is 0.759. The summed E-state index contributed by atoms with van der Waals surface area (Å²) in [4.78, 5) is 36.8. The molecule has 2 aromatic carbocycles. The molecule has 0 N–H and O–H groups in total. The van der Waals surface area contributed by atoms with Crippen LogP contribution in [0.2, 0.25) is 0 Å². The van der Waals surface area contributed by atoms with Gasteiger partial charge in [0.15, 0.2) is 17.3 Å². The number of benzene rings is 2. The second-order valence-electron chi connectivity index (χ2n) is 5.67. The molecule has 4 rings (SSSR count). The maximum absolute atomic E-state index is 12.7. The molecule has 2 aromatic rings. The lowest BCUT2D eigenvalue weighted by Crippen LogP contribution is -2.28. The van der Waals surface area contributed by atoms with E-state index in [-0.39, 0.29) is 23.1 Å². The Morgan fingerprint density at radius 3 is 2.39 bits per heavy atom. The molecule has 0 radical (unpaired) electrons. The van der Waals surface area contributed by atoms with E-state index in [2.05, 4.69) is 0 Å². The Hall–Kier alpha value is -3.01. The number of hydrogen-bond acceptors (Lipinski definition) is 4. The van der Waals surface area contributed by atoms with E-state index in [1.54, 1.807) is 42.5 Å². The van der Waals surface area contributed by atoms with Crippen LogP contribution in [0.1, 0.15) is 43.6 Å². The first kappa shape index (κ1) is 13.6. The molecule has 0 fully saturated rings. The summed E-state index contributed by atoms with van der Waals surface area (Å²) in [5, 5.41) is 0. The Morgan fingerprint density at radius 2 is 1.70 bits per heavy atom. The van der Waals surface area contributed by atoms with Crippen molar-refractivity contribution in [2.75, 3.05) is 0 Å². The average molecular weight is 304 g/mol. The molecular formula is C19H12O4. The normalized spacial score (nSPS) is 15.5. The predicted octanol–water partition coefficient (Wildman–Crippen LogP) is 3.16. The van der Waals surface area contributed by atoms with Crippen molar-refractivity contribution in [3.63, 3.8) is 0 Å². The number of ketones is 3. The maximum atomic E-state index is 12.7. The van der Waals surface area contributed by atoms with Gasteiger partial charge in [-0.05, 0) is 25.1 Å². The minimum Gasteiger partial charge on any atom is -0.452 e. The van der Waals surface area contributed by atoms with E-state index in [1.807, 2.05) is 0 Å².